The van der Waals surface area contributed by atoms with Crippen molar-refractivity contribution in [1.82, 2.24) is 20.1 Å². The topological polar surface area (TPSA) is 89.3 Å². The van der Waals surface area contributed by atoms with Crippen molar-refractivity contribution in [3.8, 4) is 5.88 Å². The summed E-state index contributed by atoms with van der Waals surface area (Å²) in [5.41, 5.74) is 0.910. The second-order valence-corrected chi connectivity index (χ2v) is 6.67. The lowest BCUT2D eigenvalue weighted by Gasteiger charge is -2.38. The molecule has 0 saturated heterocycles. The van der Waals surface area contributed by atoms with Gasteiger partial charge >= 0.3 is 0 Å². The van der Waals surface area contributed by atoms with Crippen LogP contribution in [0, 0.1) is 5.92 Å². The number of amides is 1. The Bertz CT molecular complexity index is 713. The van der Waals surface area contributed by atoms with E-state index in [-0.39, 0.29) is 24.0 Å². The van der Waals surface area contributed by atoms with Crippen LogP contribution in [0.4, 0.5) is 0 Å². The maximum Gasteiger partial charge on any atom is 0.222 e. The summed E-state index contributed by atoms with van der Waals surface area (Å²) in [7, 11) is 1.56. The maximum absolute atomic E-state index is 12.4. The lowest BCUT2D eigenvalue weighted by molar-refractivity contribution is -0.123. The summed E-state index contributed by atoms with van der Waals surface area (Å²) >= 11 is 5.82. The van der Waals surface area contributed by atoms with Gasteiger partial charge in [-0.2, -0.15) is 5.10 Å². The fraction of sp³-hybridized carbons (Fsp3) is 0.471. The van der Waals surface area contributed by atoms with Gasteiger partial charge in [0, 0.05) is 31.4 Å². The molecule has 1 amide bonds. The molecular weight excluding hydrogens is 344 g/mol. The zero-order valence-corrected chi connectivity index (χ0v) is 14.7. The fourth-order valence-electron chi connectivity index (χ4n) is 2.99. The van der Waals surface area contributed by atoms with Crippen molar-refractivity contribution < 1.29 is 14.6 Å². The molecule has 0 radical (unpaired) electrons. The molecule has 8 heteroatoms. The molecule has 0 bridgehead atoms. The Morgan fingerprint density at radius 2 is 2.28 bits per heavy atom. The molecule has 1 aliphatic rings. The van der Waals surface area contributed by atoms with E-state index in [1.807, 2.05) is 6.07 Å². The second-order valence-electron chi connectivity index (χ2n) is 6.24. The fourth-order valence-corrected chi connectivity index (χ4v) is 3.15. The van der Waals surface area contributed by atoms with Crippen molar-refractivity contribution >= 4 is 17.5 Å². The summed E-state index contributed by atoms with van der Waals surface area (Å²) in [5.74, 6) is 0.653. The number of methoxy groups -OCH3 is 1. The van der Waals surface area contributed by atoms with Crippen molar-refractivity contribution in [2.24, 2.45) is 5.92 Å². The highest BCUT2D eigenvalue weighted by Gasteiger charge is 2.35. The summed E-state index contributed by atoms with van der Waals surface area (Å²) in [6.45, 7) is 0.458. The minimum Gasteiger partial charge on any atom is -0.481 e. The van der Waals surface area contributed by atoms with Crippen molar-refractivity contribution in [3.05, 3.63) is 41.3 Å². The molecule has 2 aromatic heterocycles. The molecule has 0 spiro atoms. The number of aliphatic hydroxyl groups is 1. The minimum atomic E-state index is -0.290. The Kier molecular flexibility index (Phi) is 5.55. The van der Waals surface area contributed by atoms with E-state index in [0.29, 0.717) is 36.7 Å². The van der Waals surface area contributed by atoms with Gasteiger partial charge in [0.25, 0.3) is 0 Å². The summed E-state index contributed by atoms with van der Waals surface area (Å²) in [6.07, 6.45) is 6.29. The number of halogens is 1. The van der Waals surface area contributed by atoms with Gasteiger partial charge in [-0.05, 0) is 24.3 Å². The summed E-state index contributed by atoms with van der Waals surface area (Å²) < 4.78 is 6.72. The molecule has 0 unspecified atom stereocenters. The zero-order valence-electron chi connectivity index (χ0n) is 13.9. The molecule has 1 atom stereocenters. The van der Waals surface area contributed by atoms with Crippen LogP contribution in [-0.2, 0) is 11.3 Å². The molecule has 2 aromatic rings. The van der Waals surface area contributed by atoms with Crippen molar-refractivity contribution in [3.63, 3.8) is 0 Å². The van der Waals surface area contributed by atoms with E-state index in [1.165, 1.54) is 0 Å². The Labute approximate surface area is 151 Å². The predicted octanol–water partition coefficient (Wildman–Crippen LogP) is 1.96. The van der Waals surface area contributed by atoms with Gasteiger partial charge in [0.15, 0.2) is 0 Å². The first kappa shape index (κ1) is 17.7. The number of aliphatic hydroxyl groups excluding tert-OH is 1. The number of hydrogen-bond donors (Lipinski definition) is 2. The van der Waals surface area contributed by atoms with Crippen LogP contribution in [0.3, 0.4) is 0 Å². The number of aryl methyl sites for hydroxylation is 1. The number of nitrogens with zero attached hydrogens (tertiary/aromatic N) is 3. The number of pyridine rings is 1. The lowest BCUT2D eigenvalue weighted by Crippen LogP contribution is -2.41. The number of aromatic nitrogens is 3. The third-order valence-electron chi connectivity index (χ3n) is 4.43. The van der Waals surface area contributed by atoms with Crippen LogP contribution in [0.25, 0.3) is 0 Å². The second kappa shape index (κ2) is 7.84. The van der Waals surface area contributed by atoms with E-state index in [0.717, 1.165) is 5.56 Å². The van der Waals surface area contributed by atoms with Gasteiger partial charge in [0.1, 0.15) is 0 Å². The van der Waals surface area contributed by atoms with Crippen molar-refractivity contribution in [1.29, 1.82) is 0 Å². The highest BCUT2D eigenvalue weighted by molar-refractivity contribution is 6.30. The number of carbonyl (C=O) groups excluding carboxylic acids is 1. The van der Waals surface area contributed by atoms with Crippen LogP contribution >= 0.6 is 11.6 Å². The van der Waals surface area contributed by atoms with Gasteiger partial charge in [-0.25, -0.2) is 4.98 Å². The molecule has 2 N–H and O–H groups in total. The number of nitrogens with one attached hydrogen (secondary N) is 1. The van der Waals surface area contributed by atoms with E-state index >= 15 is 0 Å². The van der Waals surface area contributed by atoms with Crippen LogP contribution in [0.15, 0.2) is 30.7 Å². The average molecular weight is 365 g/mol. The predicted molar refractivity (Wildman–Crippen MR) is 92.3 cm³/mol. The quantitative estimate of drug-likeness (QED) is 0.784. The minimum absolute atomic E-state index is 0.0752. The number of carbonyl (C=O) groups is 1. The molecule has 1 saturated carbocycles. The van der Waals surface area contributed by atoms with Crippen LogP contribution in [0.1, 0.15) is 30.9 Å². The smallest absolute Gasteiger partial charge is 0.222 e. The first-order valence-corrected chi connectivity index (χ1v) is 8.58. The molecule has 7 nitrogen and oxygen atoms in total. The molecule has 25 heavy (non-hydrogen) atoms. The third kappa shape index (κ3) is 4.49. The van der Waals surface area contributed by atoms with E-state index < -0.39 is 0 Å². The number of hydrogen-bond acceptors (Lipinski definition) is 5. The van der Waals surface area contributed by atoms with Gasteiger partial charge in [0.05, 0.1) is 30.5 Å². The van der Waals surface area contributed by atoms with E-state index in [4.69, 9.17) is 16.3 Å². The Hall–Kier alpha value is -2.12. The first-order chi connectivity index (χ1) is 12.0. The standard InChI is InChI=1S/C17H21ClN4O3/c1-25-16-3-2-11(8-19-16)17(12-6-14(23)7-12)21-15(24)4-5-22-10-13(18)9-20-22/h2-3,8-10,12,14,17,23H,4-7H2,1H3,(H,21,24)/t12?,14?,17-/m0/s1. The maximum atomic E-state index is 12.4. The Morgan fingerprint density at radius 1 is 1.48 bits per heavy atom. The van der Waals surface area contributed by atoms with Gasteiger partial charge in [-0.3, -0.25) is 9.48 Å². The molecule has 3 rings (SSSR count). The van der Waals surface area contributed by atoms with E-state index in [9.17, 15) is 9.90 Å². The highest BCUT2D eigenvalue weighted by atomic mass is 35.5. The largest absolute Gasteiger partial charge is 0.481 e. The molecule has 2 heterocycles. The van der Waals surface area contributed by atoms with E-state index in [1.54, 1.807) is 36.4 Å². The van der Waals surface area contributed by atoms with Crippen LogP contribution in [-0.4, -0.2) is 39.0 Å². The number of ether oxygens (including phenoxy) is 1. The molecule has 134 valence electrons. The normalized spacial score (nSPS) is 20.6. The summed E-state index contributed by atoms with van der Waals surface area (Å²) in [5, 5.41) is 17.3. The molecule has 0 aliphatic heterocycles. The molecular formula is C17H21ClN4O3. The molecule has 0 aromatic carbocycles. The third-order valence-corrected chi connectivity index (χ3v) is 4.63. The summed E-state index contributed by atoms with van der Waals surface area (Å²) in [4.78, 5) is 16.6. The Morgan fingerprint density at radius 3 is 2.84 bits per heavy atom. The van der Waals surface area contributed by atoms with Crippen molar-refractivity contribution in [2.45, 2.75) is 38.0 Å². The van der Waals surface area contributed by atoms with Crippen LogP contribution in [0.2, 0.25) is 5.02 Å². The molecule has 1 fully saturated rings. The lowest BCUT2D eigenvalue weighted by atomic mass is 9.75. The first-order valence-electron chi connectivity index (χ1n) is 8.20. The van der Waals surface area contributed by atoms with Gasteiger partial charge in [-0.1, -0.05) is 17.7 Å². The van der Waals surface area contributed by atoms with Gasteiger partial charge in [0.2, 0.25) is 11.8 Å². The molecule has 1 aliphatic carbocycles. The van der Waals surface area contributed by atoms with Gasteiger partial charge < -0.3 is 15.2 Å². The van der Waals surface area contributed by atoms with E-state index in [2.05, 4.69) is 15.4 Å². The number of rotatable bonds is 7. The van der Waals surface area contributed by atoms with Gasteiger partial charge in [-0.15, -0.1) is 0 Å². The van der Waals surface area contributed by atoms with Crippen LogP contribution in [0.5, 0.6) is 5.88 Å². The van der Waals surface area contributed by atoms with Crippen LogP contribution < -0.4 is 10.1 Å². The average Bonchev–Trinajstić information content (AvgIpc) is 3.01. The summed E-state index contributed by atoms with van der Waals surface area (Å²) in [6, 6.07) is 3.50. The monoisotopic (exact) mass is 364 g/mol. The highest BCUT2D eigenvalue weighted by Crippen LogP contribution is 2.38. The Balaban J connectivity index is 1.63. The zero-order chi connectivity index (χ0) is 17.8. The SMILES string of the molecule is COc1ccc([C@H](NC(=O)CCn2cc(Cl)cn2)C2CC(O)C2)cn1. The van der Waals surface area contributed by atoms with Crippen molar-refractivity contribution in [2.75, 3.05) is 7.11 Å².